The van der Waals surface area contributed by atoms with Crippen molar-refractivity contribution in [3.05, 3.63) is 53.6 Å². The first-order chi connectivity index (χ1) is 13.3. The van der Waals surface area contributed by atoms with Crippen LogP contribution in [-0.4, -0.2) is 32.0 Å². The number of hydrogen-bond acceptors (Lipinski definition) is 4. The molecule has 0 aliphatic carbocycles. The number of aliphatic hydroxyl groups excluding tert-OH is 1. The Balaban J connectivity index is 1.73. The quantitative estimate of drug-likeness (QED) is 0.656. The molecular weight excluding hydrogens is 316 g/mol. The Morgan fingerprint density at radius 1 is 1.04 bits per heavy atom. The first kappa shape index (κ1) is 15.1. The summed E-state index contributed by atoms with van der Waals surface area (Å²) in [5, 5.41) is 10.1. The third-order valence-electron chi connectivity index (χ3n) is 3.98. The molecule has 0 aliphatic heterocycles. The second kappa shape index (κ2) is 9.94. The van der Waals surface area contributed by atoms with Gasteiger partial charge in [0.15, 0.2) is 11.5 Å². The molecule has 0 radical (unpaired) electrons. The van der Waals surface area contributed by atoms with Gasteiger partial charge in [-0.3, -0.25) is 0 Å². The van der Waals surface area contributed by atoms with Gasteiger partial charge in [-0.1, -0.05) is 24.6 Å². The Labute approximate surface area is 154 Å². The van der Waals surface area contributed by atoms with Crippen molar-refractivity contribution in [2.75, 3.05) is 20.8 Å². The predicted molar refractivity (Wildman–Crippen MR) is 99.8 cm³/mol. The number of unbranched alkanes of at least 4 members (excludes halogenated alkanes) is 1. The normalized spacial score (nSPS) is 14.1. The Morgan fingerprint density at radius 2 is 1.88 bits per heavy atom. The fourth-order valence-corrected chi connectivity index (χ4v) is 2.61. The van der Waals surface area contributed by atoms with Crippen LogP contribution in [0, 0.1) is 6.85 Å². The highest BCUT2D eigenvalue weighted by atomic mass is 16.5. The van der Waals surface area contributed by atoms with Crippen LogP contribution in [0.5, 0.6) is 17.2 Å². The smallest absolute Gasteiger partial charge is 0.160 e. The molecule has 0 bridgehead atoms. The first-order valence-corrected chi connectivity index (χ1v) is 8.46. The van der Waals surface area contributed by atoms with Crippen molar-refractivity contribution in [2.45, 2.75) is 38.6 Å². The maximum Gasteiger partial charge on any atom is 0.160 e. The average molecular weight is 347 g/mol. The van der Waals surface area contributed by atoms with Crippen LogP contribution in [0.15, 0.2) is 42.5 Å². The molecule has 0 aliphatic rings. The van der Waals surface area contributed by atoms with E-state index in [0.29, 0.717) is 23.7 Å². The van der Waals surface area contributed by atoms with Crippen molar-refractivity contribution in [3.8, 4) is 17.2 Å². The molecule has 0 amide bonds. The van der Waals surface area contributed by atoms with E-state index in [2.05, 4.69) is 0 Å². The molecule has 136 valence electrons. The van der Waals surface area contributed by atoms with Crippen LogP contribution in [-0.2, 0) is 6.42 Å². The van der Waals surface area contributed by atoms with Crippen molar-refractivity contribution >= 4 is 0 Å². The van der Waals surface area contributed by atoms with Gasteiger partial charge < -0.3 is 19.3 Å². The van der Waals surface area contributed by atoms with E-state index in [1.807, 2.05) is 18.2 Å². The number of aliphatic hydroxyl groups is 1. The Bertz CT molecular complexity index is 747. The van der Waals surface area contributed by atoms with E-state index in [1.54, 1.807) is 32.4 Å². The van der Waals surface area contributed by atoms with Crippen LogP contribution >= 0.6 is 0 Å². The highest BCUT2D eigenvalue weighted by molar-refractivity contribution is 5.42. The highest BCUT2D eigenvalue weighted by Crippen LogP contribution is 2.28. The number of methoxy groups -OCH3 is 2. The Morgan fingerprint density at radius 3 is 2.64 bits per heavy atom. The number of ether oxygens (including phenoxy) is 3. The van der Waals surface area contributed by atoms with E-state index in [9.17, 15) is 5.11 Å². The standard InChI is InChI=1S/C21H28O4/c1-16-7-6-10-19(13-16)25-15-18(22)9-5-4-8-17-11-12-20(23-2)21(14-17)24-3/h6-7,10-14,18,22H,4-5,8-9,15H2,1-3H3/i1D3. The highest BCUT2D eigenvalue weighted by Gasteiger charge is 2.07. The van der Waals surface area contributed by atoms with Gasteiger partial charge in [-0.2, -0.15) is 0 Å². The molecule has 1 N–H and O–H groups in total. The second-order valence-electron chi connectivity index (χ2n) is 5.93. The number of hydrogen-bond donors (Lipinski definition) is 1. The lowest BCUT2D eigenvalue weighted by Crippen LogP contribution is -2.17. The molecule has 1 atom stereocenters. The van der Waals surface area contributed by atoms with Crippen LogP contribution in [0.3, 0.4) is 0 Å². The zero-order valence-electron chi connectivity index (χ0n) is 17.8. The summed E-state index contributed by atoms with van der Waals surface area (Å²) in [4.78, 5) is 0. The van der Waals surface area contributed by atoms with Crippen molar-refractivity contribution < 1.29 is 23.4 Å². The Hall–Kier alpha value is -2.20. The molecule has 0 saturated carbocycles. The summed E-state index contributed by atoms with van der Waals surface area (Å²) in [6, 6.07) is 12.3. The lowest BCUT2D eigenvalue weighted by molar-refractivity contribution is 0.0976. The third-order valence-corrected chi connectivity index (χ3v) is 3.98. The molecule has 0 spiro atoms. The molecule has 0 heterocycles. The fraction of sp³-hybridized carbons (Fsp3) is 0.429. The predicted octanol–water partition coefficient (Wildman–Crippen LogP) is 4.16. The van der Waals surface area contributed by atoms with E-state index in [1.165, 1.54) is 6.07 Å². The molecule has 4 nitrogen and oxygen atoms in total. The van der Waals surface area contributed by atoms with E-state index in [-0.39, 0.29) is 12.2 Å². The summed E-state index contributed by atoms with van der Waals surface area (Å²) in [5.41, 5.74) is 1.39. The molecule has 0 aromatic heterocycles. The van der Waals surface area contributed by atoms with Gasteiger partial charge in [0.2, 0.25) is 0 Å². The third kappa shape index (κ3) is 6.31. The molecule has 2 aromatic rings. The minimum atomic E-state index is -2.16. The van der Waals surface area contributed by atoms with Gasteiger partial charge in [-0.15, -0.1) is 0 Å². The van der Waals surface area contributed by atoms with Crippen LogP contribution in [0.2, 0.25) is 0 Å². The van der Waals surface area contributed by atoms with Gasteiger partial charge in [0.25, 0.3) is 0 Å². The lowest BCUT2D eigenvalue weighted by atomic mass is 10.0. The molecule has 25 heavy (non-hydrogen) atoms. The maximum atomic E-state index is 10.1. The largest absolute Gasteiger partial charge is 0.493 e. The van der Waals surface area contributed by atoms with Crippen molar-refractivity contribution in [2.24, 2.45) is 0 Å². The summed E-state index contributed by atoms with van der Waals surface area (Å²) in [7, 11) is 3.23. The molecule has 0 saturated heterocycles. The van der Waals surface area contributed by atoms with Gasteiger partial charge in [0.05, 0.1) is 20.3 Å². The van der Waals surface area contributed by atoms with Crippen LogP contribution < -0.4 is 14.2 Å². The van der Waals surface area contributed by atoms with Crippen molar-refractivity contribution in [1.82, 2.24) is 0 Å². The van der Waals surface area contributed by atoms with Crippen LogP contribution in [0.25, 0.3) is 0 Å². The minimum absolute atomic E-state index is 0.140. The topological polar surface area (TPSA) is 47.9 Å². The lowest BCUT2D eigenvalue weighted by Gasteiger charge is -2.13. The van der Waals surface area contributed by atoms with Crippen LogP contribution in [0.1, 0.15) is 34.5 Å². The monoisotopic (exact) mass is 347 g/mol. The number of benzene rings is 2. The van der Waals surface area contributed by atoms with Gasteiger partial charge in [-0.25, -0.2) is 0 Å². The maximum absolute atomic E-state index is 10.1. The van der Waals surface area contributed by atoms with E-state index >= 15 is 0 Å². The summed E-state index contributed by atoms with van der Waals surface area (Å²) >= 11 is 0. The molecule has 2 aromatic carbocycles. The second-order valence-corrected chi connectivity index (χ2v) is 5.93. The average Bonchev–Trinajstić information content (AvgIpc) is 2.69. The molecule has 2 rings (SSSR count). The van der Waals surface area contributed by atoms with Crippen LogP contribution in [0.4, 0.5) is 0 Å². The van der Waals surface area contributed by atoms with Gasteiger partial charge in [0, 0.05) is 4.11 Å². The molecule has 0 fully saturated rings. The van der Waals surface area contributed by atoms with Crippen molar-refractivity contribution in [1.29, 1.82) is 0 Å². The van der Waals surface area contributed by atoms with Crippen molar-refractivity contribution in [3.63, 3.8) is 0 Å². The van der Waals surface area contributed by atoms with Gasteiger partial charge in [-0.05, 0) is 61.5 Å². The van der Waals surface area contributed by atoms with E-state index in [4.69, 9.17) is 18.3 Å². The SMILES string of the molecule is [2H]C([2H])([2H])c1cccc(OCC(O)CCCCc2ccc(OC)c(OC)c2)c1. The summed E-state index contributed by atoms with van der Waals surface area (Å²) in [6.07, 6.45) is 2.69. The summed E-state index contributed by atoms with van der Waals surface area (Å²) < 4.78 is 38.4. The molecule has 4 heteroatoms. The number of rotatable bonds is 10. The zero-order chi connectivity index (χ0) is 20.6. The number of aryl methyl sites for hydroxylation is 2. The fourth-order valence-electron chi connectivity index (χ4n) is 2.61. The molecule has 1 unspecified atom stereocenters. The summed E-state index contributed by atoms with van der Waals surface area (Å²) in [6.45, 7) is -2.02. The first-order valence-electron chi connectivity index (χ1n) is 9.96. The van der Waals surface area contributed by atoms with Gasteiger partial charge >= 0.3 is 0 Å². The molecular formula is C21H28O4. The van der Waals surface area contributed by atoms with Gasteiger partial charge in [0.1, 0.15) is 12.4 Å². The zero-order valence-corrected chi connectivity index (χ0v) is 14.8. The summed E-state index contributed by atoms with van der Waals surface area (Å²) in [5.74, 6) is 1.88. The van der Waals surface area contributed by atoms with E-state index in [0.717, 1.165) is 24.8 Å². The minimum Gasteiger partial charge on any atom is -0.493 e. The van der Waals surface area contributed by atoms with E-state index < -0.39 is 13.0 Å². The Kier molecular flexibility index (Phi) is 6.00.